The van der Waals surface area contributed by atoms with Gasteiger partial charge in [0.2, 0.25) is 5.75 Å². The summed E-state index contributed by atoms with van der Waals surface area (Å²) in [5, 5.41) is 13.5. The monoisotopic (exact) mass is 497 g/mol. The molecule has 1 aliphatic rings. The lowest BCUT2D eigenvalue weighted by molar-refractivity contribution is 0.338. The van der Waals surface area contributed by atoms with Crippen LogP contribution < -0.4 is 14.8 Å². The van der Waals surface area contributed by atoms with Gasteiger partial charge in [-0.1, -0.05) is 18.2 Å². The van der Waals surface area contributed by atoms with Gasteiger partial charge in [0.05, 0.1) is 20.8 Å². The summed E-state index contributed by atoms with van der Waals surface area (Å²) in [5.41, 5.74) is 1.92. The van der Waals surface area contributed by atoms with E-state index >= 15 is 0 Å². The molecule has 3 rings (SSSR count). The summed E-state index contributed by atoms with van der Waals surface area (Å²) in [5.74, 6) is 1.64. The normalized spacial score (nSPS) is 14.2. The number of phenols is 1. The van der Waals surface area contributed by atoms with Gasteiger partial charge in [0.25, 0.3) is 0 Å². The molecule has 0 amide bonds. The summed E-state index contributed by atoms with van der Waals surface area (Å²) in [6, 6.07) is 13.7. The Hall–Kier alpha value is -2.16. The molecule has 0 bridgehead atoms. The molecule has 6 nitrogen and oxygen atoms in total. The maximum Gasteiger partial charge on any atom is 0.200 e. The third kappa shape index (κ3) is 5.67. The predicted molar refractivity (Wildman–Crippen MR) is 123 cm³/mol. The van der Waals surface area contributed by atoms with Gasteiger partial charge in [-0.2, -0.15) is 0 Å². The van der Waals surface area contributed by atoms with Crippen LogP contribution in [0.25, 0.3) is 0 Å². The van der Waals surface area contributed by atoms with Crippen LogP contribution in [0, 0.1) is 0 Å². The highest BCUT2D eigenvalue weighted by Gasteiger charge is 2.16. The molecule has 2 aromatic carbocycles. The maximum atomic E-state index is 10.1. The van der Waals surface area contributed by atoms with Crippen molar-refractivity contribution in [2.24, 2.45) is 4.99 Å². The fourth-order valence-corrected chi connectivity index (χ4v) is 3.18. The Kier molecular flexibility index (Phi) is 8.69. The lowest BCUT2D eigenvalue weighted by atomic mass is 10.1. The third-order valence-corrected chi connectivity index (χ3v) is 4.64. The Balaban J connectivity index is 0.00000280. The molecular weight excluding hydrogens is 469 g/mol. The molecule has 2 N–H and O–H groups in total. The van der Waals surface area contributed by atoms with Gasteiger partial charge >= 0.3 is 0 Å². The number of hydrogen-bond donors (Lipinski definition) is 2. The molecule has 1 heterocycles. The molecule has 0 aliphatic carbocycles. The number of aromatic hydroxyl groups is 1. The van der Waals surface area contributed by atoms with E-state index in [0.717, 1.165) is 30.3 Å². The fraction of sp³-hybridized carbons (Fsp3) is 0.381. The van der Waals surface area contributed by atoms with Gasteiger partial charge in [0, 0.05) is 18.8 Å². The van der Waals surface area contributed by atoms with Crippen molar-refractivity contribution in [3.63, 3.8) is 0 Å². The molecule has 0 atom stereocenters. The lowest BCUT2D eigenvalue weighted by Gasteiger charge is -2.30. The molecule has 0 aromatic heterocycles. The van der Waals surface area contributed by atoms with Crippen molar-refractivity contribution in [2.45, 2.75) is 25.8 Å². The summed E-state index contributed by atoms with van der Waals surface area (Å²) in [6.07, 6.45) is 3.62. The Bertz CT molecular complexity index is 753. The van der Waals surface area contributed by atoms with Crippen molar-refractivity contribution >= 4 is 35.6 Å². The molecular formula is C21H28IN3O3. The lowest BCUT2D eigenvalue weighted by Crippen LogP contribution is -2.40. The van der Waals surface area contributed by atoms with E-state index in [2.05, 4.69) is 10.2 Å². The van der Waals surface area contributed by atoms with Crippen LogP contribution in [0.5, 0.6) is 17.2 Å². The van der Waals surface area contributed by atoms with Crippen molar-refractivity contribution in [1.82, 2.24) is 4.90 Å². The highest BCUT2D eigenvalue weighted by molar-refractivity contribution is 14.0. The van der Waals surface area contributed by atoms with Crippen molar-refractivity contribution in [3.8, 4) is 17.2 Å². The standard InChI is InChI=1S/C21H27N3O3.HI/c1-26-18-13-16(14-19(27-2)20(18)25)15-22-21(24-11-7-4-8-12-24)23-17-9-5-3-6-10-17;/h3,5-6,9-10,13-14,25H,4,7-8,11-12,15H2,1-2H3,(H,22,23);1H. The van der Waals surface area contributed by atoms with E-state index in [0.29, 0.717) is 18.0 Å². The smallest absolute Gasteiger partial charge is 0.200 e. The van der Waals surface area contributed by atoms with Gasteiger partial charge in [0.15, 0.2) is 17.5 Å². The first-order valence-corrected chi connectivity index (χ1v) is 9.26. The van der Waals surface area contributed by atoms with E-state index in [1.165, 1.54) is 33.5 Å². The second kappa shape index (κ2) is 11.0. The third-order valence-electron chi connectivity index (χ3n) is 4.64. The SMILES string of the molecule is COc1cc(CN=C(Nc2ccccc2)N2CCCCC2)cc(OC)c1O.I. The molecule has 0 spiro atoms. The number of guanidine groups is 1. The zero-order valence-electron chi connectivity index (χ0n) is 16.4. The average Bonchev–Trinajstić information content (AvgIpc) is 2.73. The van der Waals surface area contributed by atoms with Crippen LogP contribution in [0.2, 0.25) is 0 Å². The number of methoxy groups -OCH3 is 2. The number of hydrogen-bond acceptors (Lipinski definition) is 4. The molecule has 1 saturated heterocycles. The number of phenolic OH excluding ortho intramolecular Hbond substituents is 1. The van der Waals surface area contributed by atoms with E-state index in [1.807, 2.05) is 30.3 Å². The largest absolute Gasteiger partial charge is 0.502 e. The van der Waals surface area contributed by atoms with E-state index in [9.17, 15) is 5.11 Å². The first kappa shape index (κ1) is 22.1. The number of piperidine rings is 1. The van der Waals surface area contributed by atoms with Crippen LogP contribution >= 0.6 is 24.0 Å². The topological polar surface area (TPSA) is 66.3 Å². The minimum Gasteiger partial charge on any atom is -0.502 e. The molecule has 0 radical (unpaired) electrons. The molecule has 7 heteroatoms. The highest BCUT2D eigenvalue weighted by Crippen LogP contribution is 2.37. The number of rotatable bonds is 5. The van der Waals surface area contributed by atoms with E-state index in [4.69, 9.17) is 14.5 Å². The molecule has 1 fully saturated rings. The number of aliphatic imine (C=N–C) groups is 1. The molecule has 2 aromatic rings. The van der Waals surface area contributed by atoms with Crippen molar-refractivity contribution < 1.29 is 14.6 Å². The zero-order chi connectivity index (χ0) is 19.1. The van der Waals surface area contributed by atoms with Gasteiger partial charge in [-0.25, -0.2) is 4.99 Å². The van der Waals surface area contributed by atoms with Gasteiger partial charge in [0.1, 0.15) is 0 Å². The Morgan fingerprint density at radius 3 is 2.21 bits per heavy atom. The molecule has 1 aliphatic heterocycles. The quantitative estimate of drug-likeness (QED) is 0.362. The second-order valence-electron chi connectivity index (χ2n) is 6.53. The molecule has 0 saturated carbocycles. The predicted octanol–water partition coefficient (Wildman–Crippen LogP) is 4.48. The van der Waals surface area contributed by atoms with Crippen molar-refractivity contribution in [2.75, 3.05) is 32.6 Å². The summed E-state index contributed by atoms with van der Waals surface area (Å²) in [4.78, 5) is 7.13. The number of halogens is 1. The van der Waals surface area contributed by atoms with Crippen LogP contribution in [0.15, 0.2) is 47.5 Å². The van der Waals surface area contributed by atoms with Crippen LogP contribution in [0.4, 0.5) is 5.69 Å². The molecule has 152 valence electrons. The first-order chi connectivity index (χ1) is 13.2. The summed E-state index contributed by atoms with van der Waals surface area (Å²) in [7, 11) is 3.05. The van der Waals surface area contributed by atoms with E-state index in [-0.39, 0.29) is 29.7 Å². The number of likely N-dealkylation sites (tertiary alicyclic amines) is 1. The Morgan fingerprint density at radius 1 is 1.04 bits per heavy atom. The maximum absolute atomic E-state index is 10.1. The molecule has 0 unspecified atom stereocenters. The van der Waals surface area contributed by atoms with E-state index < -0.39 is 0 Å². The van der Waals surface area contributed by atoms with Crippen LogP contribution in [0.3, 0.4) is 0 Å². The molecule has 28 heavy (non-hydrogen) atoms. The van der Waals surface area contributed by atoms with Crippen LogP contribution in [-0.2, 0) is 6.54 Å². The highest BCUT2D eigenvalue weighted by atomic mass is 127. The average molecular weight is 497 g/mol. The number of benzene rings is 2. The van der Waals surface area contributed by atoms with Crippen molar-refractivity contribution in [1.29, 1.82) is 0 Å². The van der Waals surface area contributed by atoms with Gasteiger partial charge < -0.3 is 24.8 Å². The summed E-state index contributed by atoms with van der Waals surface area (Å²) in [6.45, 7) is 2.46. The number of ether oxygens (including phenoxy) is 2. The van der Waals surface area contributed by atoms with Crippen molar-refractivity contribution in [3.05, 3.63) is 48.0 Å². The number of anilines is 1. The Morgan fingerprint density at radius 2 is 1.64 bits per heavy atom. The van der Waals surface area contributed by atoms with E-state index in [1.54, 1.807) is 12.1 Å². The Labute approximate surface area is 183 Å². The first-order valence-electron chi connectivity index (χ1n) is 9.26. The fourth-order valence-electron chi connectivity index (χ4n) is 3.18. The number of nitrogens with one attached hydrogen (secondary N) is 1. The number of para-hydroxylation sites is 1. The zero-order valence-corrected chi connectivity index (χ0v) is 18.7. The van der Waals surface area contributed by atoms with Gasteiger partial charge in [-0.3, -0.25) is 0 Å². The number of nitrogens with zero attached hydrogens (tertiary/aromatic N) is 2. The second-order valence-corrected chi connectivity index (χ2v) is 6.53. The van der Waals surface area contributed by atoms with Gasteiger partial charge in [-0.15, -0.1) is 24.0 Å². The summed E-state index contributed by atoms with van der Waals surface area (Å²) >= 11 is 0. The minimum absolute atomic E-state index is 0. The van der Waals surface area contributed by atoms with Gasteiger partial charge in [-0.05, 0) is 49.1 Å². The minimum atomic E-state index is 0. The van der Waals surface area contributed by atoms with Crippen LogP contribution in [-0.4, -0.2) is 43.3 Å². The summed E-state index contributed by atoms with van der Waals surface area (Å²) < 4.78 is 10.5. The van der Waals surface area contributed by atoms with Crippen LogP contribution in [0.1, 0.15) is 24.8 Å².